The second kappa shape index (κ2) is 10.9. The van der Waals surface area contributed by atoms with Gasteiger partial charge in [-0.15, -0.1) is 0 Å². The molecule has 0 aliphatic rings. The highest BCUT2D eigenvalue weighted by Crippen LogP contribution is 2.22. The maximum atomic E-state index is 12.7. The van der Waals surface area contributed by atoms with Gasteiger partial charge >= 0.3 is 0 Å². The fourth-order valence-corrected chi connectivity index (χ4v) is 2.71. The van der Waals surface area contributed by atoms with Gasteiger partial charge in [0.15, 0.2) is 0 Å². The lowest BCUT2D eigenvalue weighted by Crippen LogP contribution is -2.13. The third kappa shape index (κ3) is 6.36. The molecule has 0 bridgehead atoms. The number of hydrogen-bond acceptors (Lipinski definition) is 4. The minimum atomic E-state index is -0.223. The van der Waals surface area contributed by atoms with Crippen molar-refractivity contribution in [1.82, 2.24) is 0 Å². The van der Waals surface area contributed by atoms with E-state index in [0.29, 0.717) is 43.4 Å². The SMILES string of the molecule is CCOCCOc1ccc(NC(=O)c2ccccc2OCc2ccccc2)cc1. The molecule has 0 aliphatic carbocycles. The van der Waals surface area contributed by atoms with E-state index < -0.39 is 0 Å². The van der Waals surface area contributed by atoms with Crippen LogP contribution in [0, 0.1) is 0 Å². The summed E-state index contributed by atoms with van der Waals surface area (Å²) in [7, 11) is 0. The van der Waals surface area contributed by atoms with Crippen molar-refractivity contribution in [1.29, 1.82) is 0 Å². The number of amides is 1. The van der Waals surface area contributed by atoms with E-state index in [1.165, 1.54) is 0 Å². The Balaban J connectivity index is 1.59. The van der Waals surface area contributed by atoms with Crippen molar-refractivity contribution in [3.63, 3.8) is 0 Å². The quantitative estimate of drug-likeness (QED) is 0.498. The second-order valence-corrected chi connectivity index (χ2v) is 6.29. The molecule has 0 aromatic heterocycles. The minimum absolute atomic E-state index is 0.223. The number of rotatable bonds is 10. The van der Waals surface area contributed by atoms with E-state index >= 15 is 0 Å². The third-order valence-electron chi connectivity index (χ3n) is 4.18. The number of benzene rings is 3. The zero-order chi connectivity index (χ0) is 20.3. The Morgan fingerprint density at radius 1 is 0.828 bits per heavy atom. The van der Waals surface area contributed by atoms with Crippen LogP contribution in [-0.4, -0.2) is 25.7 Å². The van der Waals surface area contributed by atoms with Crippen LogP contribution in [0.2, 0.25) is 0 Å². The Morgan fingerprint density at radius 3 is 2.31 bits per heavy atom. The molecule has 0 saturated carbocycles. The Hall–Kier alpha value is -3.31. The summed E-state index contributed by atoms with van der Waals surface area (Å²) in [6, 6.07) is 24.3. The average molecular weight is 391 g/mol. The monoisotopic (exact) mass is 391 g/mol. The van der Waals surface area contributed by atoms with Crippen LogP contribution in [0.15, 0.2) is 78.9 Å². The minimum Gasteiger partial charge on any atom is -0.491 e. The fraction of sp³-hybridized carbons (Fsp3) is 0.208. The normalized spacial score (nSPS) is 10.4. The lowest BCUT2D eigenvalue weighted by molar-refractivity contribution is 0.102. The van der Waals surface area contributed by atoms with Crippen LogP contribution in [0.4, 0.5) is 5.69 Å². The molecule has 3 aromatic carbocycles. The molecule has 0 unspecified atom stereocenters. The van der Waals surface area contributed by atoms with E-state index in [4.69, 9.17) is 14.2 Å². The molecule has 1 amide bonds. The first-order chi connectivity index (χ1) is 14.3. The van der Waals surface area contributed by atoms with Crippen molar-refractivity contribution in [2.75, 3.05) is 25.1 Å². The Kier molecular flexibility index (Phi) is 7.66. The summed E-state index contributed by atoms with van der Waals surface area (Å²) in [6.07, 6.45) is 0. The van der Waals surface area contributed by atoms with Gasteiger partial charge in [0.25, 0.3) is 5.91 Å². The zero-order valence-electron chi connectivity index (χ0n) is 16.5. The highest BCUT2D eigenvalue weighted by Gasteiger charge is 2.12. The maximum Gasteiger partial charge on any atom is 0.259 e. The largest absolute Gasteiger partial charge is 0.491 e. The van der Waals surface area contributed by atoms with Gasteiger partial charge in [0.05, 0.1) is 12.2 Å². The van der Waals surface area contributed by atoms with E-state index in [1.54, 1.807) is 24.3 Å². The van der Waals surface area contributed by atoms with Gasteiger partial charge in [-0.1, -0.05) is 42.5 Å². The van der Waals surface area contributed by atoms with Gasteiger partial charge in [-0.3, -0.25) is 4.79 Å². The standard InChI is InChI=1S/C24H25NO4/c1-2-27-16-17-28-21-14-12-20(13-15-21)25-24(26)22-10-6-7-11-23(22)29-18-19-8-4-3-5-9-19/h3-15H,2,16-18H2,1H3,(H,25,26). The molecule has 0 spiro atoms. The smallest absolute Gasteiger partial charge is 0.259 e. The molecule has 0 saturated heterocycles. The van der Waals surface area contributed by atoms with Crippen molar-refractivity contribution in [2.24, 2.45) is 0 Å². The van der Waals surface area contributed by atoms with Crippen molar-refractivity contribution >= 4 is 11.6 Å². The molecule has 0 aliphatic heterocycles. The number of ether oxygens (including phenoxy) is 3. The summed E-state index contributed by atoms with van der Waals surface area (Å²) in [5, 5.41) is 2.90. The molecule has 0 atom stereocenters. The van der Waals surface area contributed by atoms with Crippen molar-refractivity contribution in [3.05, 3.63) is 90.0 Å². The second-order valence-electron chi connectivity index (χ2n) is 6.29. The molecule has 150 valence electrons. The third-order valence-corrected chi connectivity index (χ3v) is 4.18. The number of para-hydroxylation sites is 1. The molecule has 5 heteroatoms. The maximum absolute atomic E-state index is 12.7. The van der Waals surface area contributed by atoms with Crippen molar-refractivity contribution in [3.8, 4) is 11.5 Å². The number of hydrogen-bond donors (Lipinski definition) is 1. The first kappa shape index (κ1) is 20.4. The van der Waals surface area contributed by atoms with E-state index in [-0.39, 0.29) is 5.91 Å². The Bertz CT molecular complexity index is 894. The van der Waals surface area contributed by atoms with Gasteiger partial charge in [-0.05, 0) is 48.9 Å². The predicted octanol–water partition coefficient (Wildman–Crippen LogP) is 4.93. The van der Waals surface area contributed by atoms with Crippen LogP contribution >= 0.6 is 0 Å². The number of anilines is 1. The fourth-order valence-electron chi connectivity index (χ4n) is 2.71. The topological polar surface area (TPSA) is 56.8 Å². The van der Waals surface area contributed by atoms with E-state index in [0.717, 1.165) is 11.3 Å². The molecule has 1 N–H and O–H groups in total. The molecular formula is C24H25NO4. The zero-order valence-corrected chi connectivity index (χ0v) is 16.5. The number of nitrogens with one attached hydrogen (secondary N) is 1. The predicted molar refractivity (Wildman–Crippen MR) is 114 cm³/mol. The molecule has 0 fully saturated rings. The number of carbonyl (C=O) groups is 1. The molecular weight excluding hydrogens is 366 g/mol. The molecule has 0 radical (unpaired) electrons. The van der Waals surface area contributed by atoms with E-state index in [9.17, 15) is 4.79 Å². The van der Waals surface area contributed by atoms with Crippen LogP contribution in [0.5, 0.6) is 11.5 Å². The lowest BCUT2D eigenvalue weighted by Gasteiger charge is -2.12. The Labute approximate surface area is 171 Å². The molecule has 5 nitrogen and oxygen atoms in total. The lowest BCUT2D eigenvalue weighted by atomic mass is 10.1. The highest BCUT2D eigenvalue weighted by molar-refractivity contribution is 6.06. The van der Waals surface area contributed by atoms with Crippen LogP contribution in [-0.2, 0) is 11.3 Å². The van der Waals surface area contributed by atoms with Gasteiger partial charge in [0.1, 0.15) is 24.7 Å². The van der Waals surface area contributed by atoms with Gasteiger partial charge in [-0.25, -0.2) is 0 Å². The first-order valence-electron chi connectivity index (χ1n) is 9.64. The molecule has 0 heterocycles. The summed E-state index contributed by atoms with van der Waals surface area (Å²) < 4.78 is 16.7. The highest BCUT2D eigenvalue weighted by atomic mass is 16.5. The number of carbonyl (C=O) groups excluding carboxylic acids is 1. The van der Waals surface area contributed by atoms with Crippen LogP contribution < -0.4 is 14.8 Å². The molecule has 3 aromatic rings. The molecule has 29 heavy (non-hydrogen) atoms. The molecule has 3 rings (SSSR count). The van der Waals surface area contributed by atoms with Crippen LogP contribution in [0.1, 0.15) is 22.8 Å². The van der Waals surface area contributed by atoms with Crippen LogP contribution in [0.25, 0.3) is 0 Å². The van der Waals surface area contributed by atoms with E-state index in [1.807, 2.05) is 61.5 Å². The Morgan fingerprint density at radius 2 is 1.55 bits per heavy atom. The summed E-state index contributed by atoms with van der Waals surface area (Å²) in [6.45, 7) is 4.06. The summed E-state index contributed by atoms with van der Waals surface area (Å²) >= 11 is 0. The summed E-state index contributed by atoms with van der Waals surface area (Å²) in [5.41, 5.74) is 2.22. The van der Waals surface area contributed by atoms with Crippen molar-refractivity contribution < 1.29 is 19.0 Å². The summed E-state index contributed by atoms with van der Waals surface area (Å²) in [5.74, 6) is 1.05. The van der Waals surface area contributed by atoms with Gasteiger partial charge in [-0.2, -0.15) is 0 Å². The first-order valence-corrected chi connectivity index (χ1v) is 9.64. The van der Waals surface area contributed by atoms with Gasteiger partial charge in [0.2, 0.25) is 0 Å². The van der Waals surface area contributed by atoms with Gasteiger partial charge in [0, 0.05) is 12.3 Å². The van der Waals surface area contributed by atoms with Crippen LogP contribution in [0.3, 0.4) is 0 Å². The summed E-state index contributed by atoms with van der Waals surface area (Å²) in [4.78, 5) is 12.7. The van der Waals surface area contributed by atoms with Gasteiger partial charge < -0.3 is 19.5 Å². The van der Waals surface area contributed by atoms with Crippen molar-refractivity contribution in [2.45, 2.75) is 13.5 Å². The van der Waals surface area contributed by atoms with E-state index in [2.05, 4.69) is 5.32 Å². The average Bonchev–Trinajstić information content (AvgIpc) is 2.77.